The van der Waals surface area contributed by atoms with E-state index in [4.69, 9.17) is 22.3 Å². The maximum atomic E-state index is 13.6. The van der Waals surface area contributed by atoms with Crippen molar-refractivity contribution in [2.24, 2.45) is 28.1 Å². The molecule has 0 radical (unpaired) electrons. The number of benzene rings is 1. The predicted octanol–water partition coefficient (Wildman–Crippen LogP) is -0.849. The molecule has 0 aliphatic carbocycles. The Morgan fingerprint density at radius 1 is 0.929 bits per heavy atom. The lowest BCUT2D eigenvalue weighted by atomic mass is 10.0. The van der Waals surface area contributed by atoms with Gasteiger partial charge in [-0.15, -0.1) is 0 Å². The number of hydrogen-bond donors (Lipinski definition) is 9. The second-order valence-corrected chi connectivity index (χ2v) is 10.2. The molecule has 4 unspecified atom stereocenters. The van der Waals surface area contributed by atoms with Crippen LogP contribution in [0.15, 0.2) is 35.5 Å². The number of aromatic nitrogens is 1. The number of fused-ring (bicyclic) bond motifs is 1. The summed E-state index contributed by atoms with van der Waals surface area (Å²) in [5.74, 6) is -5.14. The van der Waals surface area contributed by atoms with E-state index in [1.165, 1.54) is 0 Å². The number of aromatic amines is 1. The molecule has 4 atom stereocenters. The molecule has 0 aliphatic heterocycles. The highest BCUT2D eigenvalue weighted by Crippen LogP contribution is 2.19. The molecule has 12 N–H and O–H groups in total. The van der Waals surface area contributed by atoms with E-state index >= 15 is 0 Å². The number of H-pyrrole nitrogens is 1. The second kappa shape index (κ2) is 16.0. The zero-order valence-electron chi connectivity index (χ0n) is 23.6. The number of carbonyl (C=O) groups excluding carboxylic acids is 3. The third kappa shape index (κ3) is 10.4. The summed E-state index contributed by atoms with van der Waals surface area (Å²) < 4.78 is 0. The number of carboxylic acid groups (broad SMARTS) is 2. The first kappa shape index (κ1) is 33.5. The number of carbonyl (C=O) groups is 5. The number of amides is 3. The number of hydrogen-bond acceptors (Lipinski definition) is 7. The van der Waals surface area contributed by atoms with Crippen LogP contribution in [0, 0.1) is 5.92 Å². The first-order chi connectivity index (χ1) is 19.8. The maximum Gasteiger partial charge on any atom is 0.326 e. The number of nitrogens with one attached hydrogen (secondary N) is 4. The summed E-state index contributed by atoms with van der Waals surface area (Å²) in [7, 11) is 0. The molecule has 1 aromatic heterocycles. The van der Waals surface area contributed by atoms with Gasteiger partial charge in [0, 0.05) is 36.5 Å². The largest absolute Gasteiger partial charge is 0.481 e. The molecule has 15 nitrogen and oxygen atoms in total. The molecular weight excluding hydrogens is 548 g/mol. The van der Waals surface area contributed by atoms with E-state index < -0.39 is 59.7 Å². The molecule has 0 saturated heterocycles. The first-order valence-corrected chi connectivity index (χ1v) is 13.5. The van der Waals surface area contributed by atoms with E-state index in [0.717, 1.165) is 10.9 Å². The van der Waals surface area contributed by atoms with Crippen molar-refractivity contribution in [2.45, 2.75) is 70.1 Å². The molecule has 230 valence electrons. The van der Waals surface area contributed by atoms with Gasteiger partial charge in [0.25, 0.3) is 0 Å². The molecule has 0 spiro atoms. The van der Waals surface area contributed by atoms with Crippen LogP contribution in [0.5, 0.6) is 0 Å². The van der Waals surface area contributed by atoms with Crippen LogP contribution in [0.1, 0.15) is 45.1 Å². The van der Waals surface area contributed by atoms with Crippen molar-refractivity contribution in [3.63, 3.8) is 0 Å². The van der Waals surface area contributed by atoms with Gasteiger partial charge in [0.1, 0.15) is 18.1 Å². The Hall–Kier alpha value is -4.66. The minimum Gasteiger partial charge on any atom is -0.481 e. The van der Waals surface area contributed by atoms with Gasteiger partial charge in [0.15, 0.2) is 5.96 Å². The third-order valence-corrected chi connectivity index (χ3v) is 6.55. The Kier molecular flexibility index (Phi) is 12.7. The van der Waals surface area contributed by atoms with Crippen LogP contribution in [-0.4, -0.2) is 81.5 Å². The Balaban J connectivity index is 2.32. The number of rotatable bonds is 17. The number of carboxylic acids is 2. The first-order valence-electron chi connectivity index (χ1n) is 13.5. The predicted molar refractivity (Wildman–Crippen MR) is 155 cm³/mol. The van der Waals surface area contributed by atoms with E-state index in [-0.39, 0.29) is 44.6 Å². The topological polar surface area (TPSA) is 268 Å². The minimum atomic E-state index is -1.23. The number of aliphatic imine (C=N–C) groups is 1. The van der Waals surface area contributed by atoms with E-state index in [2.05, 4.69) is 25.9 Å². The molecule has 0 bridgehead atoms. The fourth-order valence-electron chi connectivity index (χ4n) is 4.23. The van der Waals surface area contributed by atoms with Gasteiger partial charge in [-0.1, -0.05) is 32.0 Å². The summed E-state index contributed by atoms with van der Waals surface area (Å²) in [5, 5.41) is 27.0. The van der Waals surface area contributed by atoms with Crippen LogP contribution >= 0.6 is 0 Å². The number of guanidine groups is 1. The van der Waals surface area contributed by atoms with Gasteiger partial charge >= 0.3 is 11.9 Å². The van der Waals surface area contributed by atoms with Gasteiger partial charge in [0.2, 0.25) is 17.7 Å². The highest BCUT2D eigenvalue weighted by molar-refractivity contribution is 5.95. The highest BCUT2D eigenvalue weighted by Gasteiger charge is 2.31. The van der Waals surface area contributed by atoms with Crippen molar-refractivity contribution in [1.82, 2.24) is 20.9 Å². The molecule has 42 heavy (non-hydrogen) atoms. The van der Waals surface area contributed by atoms with E-state index in [9.17, 15) is 29.1 Å². The van der Waals surface area contributed by atoms with Crippen molar-refractivity contribution in [3.8, 4) is 0 Å². The normalized spacial score (nSPS) is 13.9. The molecule has 1 heterocycles. The van der Waals surface area contributed by atoms with Crippen molar-refractivity contribution in [2.75, 3.05) is 6.54 Å². The summed E-state index contributed by atoms with van der Waals surface area (Å²) in [5.41, 5.74) is 18.1. The molecular formula is C27H40N8O7. The lowest BCUT2D eigenvalue weighted by Crippen LogP contribution is -2.58. The van der Waals surface area contributed by atoms with Gasteiger partial charge in [-0.2, -0.15) is 0 Å². The molecule has 2 rings (SSSR count). The smallest absolute Gasteiger partial charge is 0.326 e. The Labute approximate surface area is 242 Å². The molecule has 1 aromatic carbocycles. The van der Waals surface area contributed by atoms with Gasteiger partial charge < -0.3 is 48.3 Å². The van der Waals surface area contributed by atoms with Crippen LogP contribution in [0.2, 0.25) is 0 Å². The number of aliphatic carboxylic acids is 2. The molecule has 2 aromatic rings. The number of nitrogens with two attached hydrogens (primary N) is 3. The maximum absolute atomic E-state index is 13.6. The van der Waals surface area contributed by atoms with Crippen molar-refractivity contribution in [3.05, 3.63) is 36.0 Å². The summed E-state index contributed by atoms with van der Waals surface area (Å²) in [6, 6.07) is 2.55. The fraction of sp³-hybridized carbons (Fsp3) is 0.481. The lowest BCUT2D eigenvalue weighted by molar-refractivity contribution is -0.143. The SMILES string of the molecule is CC(C)C(NC(=O)C(CCCN=C(N)N)NC(=O)C(Cc1c[nH]c2ccccc12)NC(=O)C(N)CCC(=O)O)C(=O)O. The Bertz CT molecular complexity index is 1290. The van der Waals surface area contributed by atoms with Crippen molar-refractivity contribution >= 4 is 46.5 Å². The molecule has 0 aliphatic rings. The summed E-state index contributed by atoms with van der Waals surface area (Å²) in [6.45, 7) is 3.42. The van der Waals surface area contributed by atoms with Crippen LogP contribution < -0.4 is 33.2 Å². The monoisotopic (exact) mass is 588 g/mol. The third-order valence-electron chi connectivity index (χ3n) is 6.55. The number of para-hydroxylation sites is 1. The summed E-state index contributed by atoms with van der Waals surface area (Å²) >= 11 is 0. The molecule has 15 heteroatoms. The highest BCUT2D eigenvalue weighted by atomic mass is 16.4. The average molecular weight is 589 g/mol. The summed E-state index contributed by atoms with van der Waals surface area (Å²) in [6.07, 6.45) is 1.55. The molecule has 0 fully saturated rings. The van der Waals surface area contributed by atoms with Gasteiger partial charge in [-0.3, -0.25) is 24.2 Å². The zero-order chi connectivity index (χ0) is 31.4. The van der Waals surface area contributed by atoms with Crippen LogP contribution in [0.3, 0.4) is 0 Å². The van der Waals surface area contributed by atoms with Crippen LogP contribution in [0.25, 0.3) is 10.9 Å². The zero-order valence-corrected chi connectivity index (χ0v) is 23.6. The van der Waals surface area contributed by atoms with E-state index in [1.807, 2.05) is 24.3 Å². The Morgan fingerprint density at radius 2 is 1.57 bits per heavy atom. The molecule has 3 amide bonds. The fourth-order valence-corrected chi connectivity index (χ4v) is 4.23. The summed E-state index contributed by atoms with van der Waals surface area (Å²) in [4.78, 5) is 69.2. The van der Waals surface area contributed by atoms with Gasteiger partial charge in [-0.25, -0.2) is 4.79 Å². The lowest BCUT2D eigenvalue weighted by Gasteiger charge is -2.26. The Morgan fingerprint density at radius 3 is 2.19 bits per heavy atom. The van der Waals surface area contributed by atoms with Crippen LogP contribution in [0.4, 0.5) is 0 Å². The quantitative estimate of drug-likeness (QED) is 0.0627. The minimum absolute atomic E-state index is 0.0132. The van der Waals surface area contributed by atoms with Crippen LogP contribution in [-0.2, 0) is 30.4 Å². The second-order valence-electron chi connectivity index (χ2n) is 10.2. The standard InChI is InChI=1S/C27H40N8O7/c1-14(2)22(26(41)42)35-24(39)19(8-5-11-31-27(29)30)33-25(40)20(34-23(38)17(28)9-10-21(36)37)12-15-13-32-18-7-4-3-6-16(15)18/h3-4,6-7,13-14,17,19-20,22,32H,5,8-12,28H2,1-2H3,(H,33,40)(H,34,38)(H,35,39)(H,36,37)(H,41,42)(H4,29,30,31). The van der Waals surface area contributed by atoms with Crippen molar-refractivity contribution < 1.29 is 34.2 Å². The number of nitrogens with zero attached hydrogens (tertiary/aromatic N) is 1. The van der Waals surface area contributed by atoms with Gasteiger partial charge in [0.05, 0.1) is 6.04 Å². The van der Waals surface area contributed by atoms with E-state index in [0.29, 0.717) is 5.56 Å². The van der Waals surface area contributed by atoms with E-state index in [1.54, 1.807) is 20.0 Å². The molecule has 0 saturated carbocycles. The average Bonchev–Trinajstić information content (AvgIpc) is 3.33. The van der Waals surface area contributed by atoms with Crippen molar-refractivity contribution in [1.29, 1.82) is 0 Å². The van der Waals surface area contributed by atoms with Gasteiger partial charge in [-0.05, 0) is 36.8 Å².